The minimum atomic E-state index is -0.0406. The first-order valence-corrected chi connectivity index (χ1v) is 7.67. The fraction of sp³-hybridized carbons (Fsp3) is 0.625. The number of phenolic OH excluding ortho intramolecular Hbond substituents is 1. The van der Waals surface area contributed by atoms with Gasteiger partial charge in [-0.3, -0.25) is 0 Å². The molecule has 1 aromatic carbocycles. The van der Waals surface area contributed by atoms with Gasteiger partial charge in [-0.15, -0.1) is 0 Å². The number of nitrogens with two attached hydrogens (primary N) is 1. The normalized spacial score (nSPS) is 34.3. The molecule has 2 nitrogen and oxygen atoms in total. The Morgan fingerprint density at radius 1 is 1.32 bits per heavy atom. The van der Waals surface area contributed by atoms with Crippen molar-refractivity contribution in [3.8, 4) is 5.75 Å². The maximum Gasteiger partial charge on any atom is 0.117 e. The van der Waals surface area contributed by atoms with Gasteiger partial charge in [0.25, 0.3) is 0 Å². The van der Waals surface area contributed by atoms with Crippen LogP contribution in [0.5, 0.6) is 5.75 Å². The molecule has 0 amide bonds. The van der Waals surface area contributed by atoms with Crippen LogP contribution in [0.3, 0.4) is 0 Å². The van der Waals surface area contributed by atoms with Crippen molar-refractivity contribution in [3.63, 3.8) is 0 Å². The number of hydrogen-bond acceptors (Lipinski definition) is 2. The van der Waals surface area contributed by atoms with Crippen molar-refractivity contribution in [2.45, 2.75) is 56.9 Å². The zero-order valence-electron chi connectivity index (χ0n) is 11.5. The van der Waals surface area contributed by atoms with Crippen molar-refractivity contribution in [1.29, 1.82) is 0 Å². The molecule has 1 saturated carbocycles. The van der Waals surface area contributed by atoms with Gasteiger partial charge in [0.15, 0.2) is 0 Å². The molecule has 2 bridgehead atoms. The minimum Gasteiger partial charge on any atom is -0.508 e. The lowest BCUT2D eigenvalue weighted by Gasteiger charge is -2.47. The molecule has 0 aromatic heterocycles. The molecule has 0 radical (unpaired) electrons. The average molecular weight is 280 g/mol. The molecule has 0 unspecified atom stereocenters. The quantitative estimate of drug-likeness (QED) is 0.759. The molecule has 0 heterocycles. The maximum absolute atomic E-state index is 9.87. The van der Waals surface area contributed by atoms with Crippen LogP contribution in [0.25, 0.3) is 0 Å². The van der Waals surface area contributed by atoms with Crippen molar-refractivity contribution >= 4 is 11.6 Å². The lowest BCUT2D eigenvalue weighted by atomic mass is 9.60. The van der Waals surface area contributed by atoms with Gasteiger partial charge in [0.1, 0.15) is 5.75 Å². The largest absolute Gasteiger partial charge is 0.508 e. The van der Waals surface area contributed by atoms with Gasteiger partial charge in [-0.1, -0.05) is 37.8 Å². The van der Waals surface area contributed by atoms with Crippen molar-refractivity contribution in [2.24, 2.45) is 11.7 Å². The van der Waals surface area contributed by atoms with Crippen molar-refractivity contribution in [1.82, 2.24) is 0 Å². The molecular weight excluding hydrogens is 258 g/mol. The number of halogens is 1. The van der Waals surface area contributed by atoms with Crippen LogP contribution in [-0.2, 0) is 11.8 Å². The first-order valence-electron chi connectivity index (χ1n) is 7.30. The summed E-state index contributed by atoms with van der Waals surface area (Å²) >= 11 is 6.36. The highest BCUT2D eigenvalue weighted by molar-refractivity contribution is 6.31. The summed E-state index contributed by atoms with van der Waals surface area (Å²) in [5, 5.41) is 10.6. The Hall–Kier alpha value is -0.730. The van der Waals surface area contributed by atoms with Crippen LogP contribution in [0, 0.1) is 5.92 Å². The van der Waals surface area contributed by atoms with E-state index in [1.807, 2.05) is 6.07 Å². The second-order valence-electron chi connectivity index (χ2n) is 6.46. The SMILES string of the molecule is C[C@]12CCCCC[C@H](Cc3c(Cl)cc(O)cc31)[C@H]2N. The highest BCUT2D eigenvalue weighted by Gasteiger charge is 2.44. The number of fused-ring (bicyclic) bond motifs is 4. The monoisotopic (exact) mass is 279 g/mol. The highest BCUT2D eigenvalue weighted by Crippen LogP contribution is 2.48. The van der Waals surface area contributed by atoms with Gasteiger partial charge in [-0.25, -0.2) is 0 Å². The van der Waals surface area contributed by atoms with Crippen LogP contribution in [0.15, 0.2) is 12.1 Å². The topological polar surface area (TPSA) is 46.2 Å². The summed E-state index contributed by atoms with van der Waals surface area (Å²) in [5.74, 6) is 0.789. The fourth-order valence-corrected chi connectivity index (χ4v) is 4.38. The third kappa shape index (κ3) is 2.05. The van der Waals surface area contributed by atoms with Crippen LogP contribution in [0.1, 0.15) is 50.2 Å². The summed E-state index contributed by atoms with van der Waals surface area (Å²) in [5.41, 5.74) is 8.94. The van der Waals surface area contributed by atoms with E-state index >= 15 is 0 Å². The molecule has 0 saturated heterocycles. The summed E-state index contributed by atoms with van der Waals surface area (Å²) in [6.45, 7) is 2.25. The van der Waals surface area contributed by atoms with Crippen LogP contribution >= 0.6 is 11.6 Å². The van der Waals surface area contributed by atoms with Gasteiger partial charge < -0.3 is 10.8 Å². The number of hydrogen-bond donors (Lipinski definition) is 2. The Kier molecular flexibility index (Phi) is 3.26. The number of benzene rings is 1. The van der Waals surface area contributed by atoms with Crippen molar-refractivity contribution < 1.29 is 5.11 Å². The van der Waals surface area contributed by atoms with Gasteiger partial charge in [0.05, 0.1) is 0 Å². The van der Waals surface area contributed by atoms with E-state index in [1.165, 1.54) is 36.8 Å². The second-order valence-corrected chi connectivity index (χ2v) is 6.87. The van der Waals surface area contributed by atoms with Gasteiger partial charge in [0, 0.05) is 16.5 Å². The third-order valence-corrected chi connectivity index (χ3v) is 5.61. The Balaban J connectivity index is 2.17. The maximum atomic E-state index is 9.87. The summed E-state index contributed by atoms with van der Waals surface area (Å²) < 4.78 is 0. The van der Waals surface area contributed by atoms with E-state index in [2.05, 4.69) is 6.92 Å². The molecule has 3 atom stereocenters. The first kappa shape index (κ1) is 13.3. The number of aromatic hydroxyl groups is 1. The zero-order valence-corrected chi connectivity index (χ0v) is 12.2. The Morgan fingerprint density at radius 2 is 2.11 bits per heavy atom. The molecule has 0 spiro atoms. The van der Waals surface area contributed by atoms with Crippen LogP contribution in [-0.4, -0.2) is 11.1 Å². The first-order chi connectivity index (χ1) is 9.02. The van der Waals surface area contributed by atoms with E-state index in [0.717, 1.165) is 12.8 Å². The van der Waals surface area contributed by atoms with Crippen molar-refractivity contribution in [3.05, 3.63) is 28.3 Å². The zero-order chi connectivity index (χ0) is 13.6. The predicted octanol–water partition coefficient (Wildman–Crippen LogP) is 3.77. The summed E-state index contributed by atoms with van der Waals surface area (Å²) in [4.78, 5) is 0. The second kappa shape index (κ2) is 4.68. The van der Waals surface area contributed by atoms with Crippen LogP contribution in [0.2, 0.25) is 5.02 Å². The van der Waals surface area contributed by atoms with Gasteiger partial charge in [-0.2, -0.15) is 0 Å². The molecule has 3 N–H and O–H groups in total. The number of rotatable bonds is 0. The average Bonchev–Trinajstić information content (AvgIpc) is 2.35. The molecule has 3 rings (SSSR count). The molecule has 19 heavy (non-hydrogen) atoms. The van der Waals surface area contributed by atoms with Gasteiger partial charge >= 0.3 is 0 Å². The Morgan fingerprint density at radius 3 is 2.89 bits per heavy atom. The standard InChI is InChI=1S/C16H22ClNO/c1-16-6-4-2-3-5-10(15(16)18)7-12-13(16)8-11(19)9-14(12)17/h8-10,15,19H,2-7,18H2,1H3/t10-,15-,16+/m1/s1. The van der Waals surface area contributed by atoms with Gasteiger partial charge in [-0.05, 0) is 48.4 Å². The van der Waals surface area contributed by atoms with Gasteiger partial charge in [0.2, 0.25) is 0 Å². The summed E-state index contributed by atoms with van der Waals surface area (Å²) in [7, 11) is 0. The van der Waals surface area contributed by atoms with Crippen LogP contribution in [0.4, 0.5) is 0 Å². The summed E-state index contributed by atoms with van der Waals surface area (Å²) in [6, 6.07) is 3.73. The molecule has 2 aliphatic rings. The molecular formula is C16H22ClNO. The lowest BCUT2D eigenvalue weighted by Crippen LogP contribution is -2.52. The smallest absolute Gasteiger partial charge is 0.117 e. The van der Waals surface area contributed by atoms with E-state index in [0.29, 0.717) is 10.9 Å². The molecule has 2 aliphatic carbocycles. The van der Waals surface area contributed by atoms with E-state index < -0.39 is 0 Å². The molecule has 0 aliphatic heterocycles. The molecule has 104 valence electrons. The molecule has 1 fully saturated rings. The van der Waals surface area contributed by atoms with Crippen molar-refractivity contribution in [2.75, 3.05) is 0 Å². The van der Waals surface area contributed by atoms with Crippen LogP contribution < -0.4 is 5.73 Å². The van der Waals surface area contributed by atoms with E-state index in [1.54, 1.807) is 6.07 Å². The minimum absolute atomic E-state index is 0.0406. The van der Waals surface area contributed by atoms with E-state index in [9.17, 15) is 5.11 Å². The lowest BCUT2D eigenvalue weighted by molar-refractivity contribution is 0.201. The molecule has 3 heteroatoms. The Labute approximate surface area is 120 Å². The summed E-state index contributed by atoms with van der Waals surface area (Å²) in [6.07, 6.45) is 7.04. The van der Waals surface area contributed by atoms with E-state index in [-0.39, 0.29) is 17.2 Å². The predicted molar refractivity (Wildman–Crippen MR) is 78.7 cm³/mol. The fourth-order valence-electron chi connectivity index (χ4n) is 4.09. The highest BCUT2D eigenvalue weighted by atomic mass is 35.5. The third-order valence-electron chi connectivity index (χ3n) is 5.28. The molecule has 1 aromatic rings. The number of phenols is 1. The van der Waals surface area contributed by atoms with E-state index in [4.69, 9.17) is 17.3 Å². The Bertz CT molecular complexity index is 502.